The molecular weight excluding hydrogens is 227 g/mol. The van der Waals surface area contributed by atoms with Gasteiger partial charge in [0.1, 0.15) is 6.54 Å². The summed E-state index contributed by atoms with van der Waals surface area (Å²) in [6, 6.07) is 0. The number of hydrogen-bond donors (Lipinski definition) is 1. The van der Waals surface area contributed by atoms with Gasteiger partial charge in [-0.1, -0.05) is 0 Å². The molecule has 0 aliphatic rings. The van der Waals surface area contributed by atoms with E-state index in [9.17, 15) is 22.8 Å². The second kappa shape index (κ2) is 6.34. The van der Waals surface area contributed by atoms with Crippen LogP contribution in [0.3, 0.4) is 0 Å². The smallest absolute Gasteiger partial charge is 0.406 e. The molecule has 0 spiro atoms. The van der Waals surface area contributed by atoms with Gasteiger partial charge >= 0.3 is 12.1 Å². The van der Waals surface area contributed by atoms with Crippen molar-refractivity contribution in [3.8, 4) is 0 Å². The summed E-state index contributed by atoms with van der Waals surface area (Å²) in [5.74, 6) is -1.60. The quantitative estimate of drug-likeness (QED) is 0.719. The molecule has 0 aromatic heterocycles. The van der Waals surface area contributed by atoms with E-state index in [1.807, 2.05) is 0 Å². The maximum absolute atomic E-state index is 11.9. The van der Waals surface area contributed by atoms with Gasteiger partial charge in [-0.25, -0.2) is 0 Å². The van der Waals surface area contributed by atoms with Gasteiger partial charge in [0.25, 0.3) is 0 Å². The highest BCUT2D eigenvalue weighted by molar-refractivity contribution is 5.76. The lowest BCUT2D eigenvalue weighted by Crippen LogP contribution is -2.35. The predicted molar refractivity (Wildman–Crippen MR) is 49.8 cm³/mol. The van der Waals surface area contributed by atoms with Crippen molar-refractivity contribution < 1.29 is 27.9 Å². The number of alkyl halides is 3. The Hall–Kier alpha value is -1.27. The van der Waals surface area contributed by atoms with Crippen LogP contribution in [0.5, 0.6) is 0 Å². The van der Waals surface area contributed by atoms with Gasteiger partial charge in [-0.05, 0) is 12.8 Å². The zero-order valence-corrected chi connectivity index (χ0v) is 8.88. The first-order chi connectivity index (χ1) is 7.22. The molecule has 4 nitrogen and oxygen atoms in total. The Labute approximate surface area is 91.0 Å². The minimum atomic E-state index is -4.40. The molecule has 1 amide bonds. The summed E-state index contributed by atoms with van der Waals surface area (Å²) in [5.41, 5.74) is 0. The summed E-state index contributed by atoms with van der Waals surface area (Å²) in [7, 11) is 1.08. The number of rotatable bonds is 6. The van der Waals surface area contributed by atoms with Gasteiger partial charge in [0.05, 0.1) is 0 Å². The number of hydrogen-bond acceptors (Lipinski definition) is 2. The average Bonchev–Trinajstić information content (AvgIpc) is 2.08. The highest BCUT2D eigenvalue weighted by Gasteiger charge is 2.30. The fraction of sp³-hybridized carbons (Fsp3) is 0.778. The number of carboxylic acids is 1. The van der Waals surface area contributed by atoms with Gasteiger partial charge in [0.15, 0.2) is 0 Å². The third-order valence-corrected chi connectivity index (χ3v) is 1.87. The third-order valence-electron chi connectivity index (χ3n) is 1.87. The fourth-order valence-electron chi connectivity index (χ4n) is 1.10. The second-order valence-electron chi connectivity index (χ2n) is 3.47. The van der Waals surface area contributed by atoms with Crippen molar-refractivity contribution in [3.63, 3.8) is 0 Å². The number of carboxylic acid groups (broad SMARTS) is 1. The van der Waals surface area contributed by atoms with Gasteiger partial charge in [-0.3, -0.25) is 9.59 Å². The van der Waals surface area contributed by atoms with Gasteiger partial charge in [0, 0.05) is 19.9 Å². The van der Waals surface area contributed by atoms with E-state index in [1.165, 1.54) is 0 Å². The van der Waals surface area contributed by atoms with Crippen LogP contribution < -0.4 is 0 Å². The lowest BCUT2D eigenvalue weighted by Gasteiger charge is -2.18. The Bertz CT molecular complexity index is 253. The topological polar surface area (TPSA) is 57.6 Å². The zero-order valence-electron chi connectivity index (χ0n) is 8.88. The van der Waals surface area contributed by atoms with E-state index in [2.05, 4.69) is 0 Å². The summed E-state index contributed by atoms with van der Waals surface area (Å²) in [4.78, 5) is 21.9. The Morgan fingerprint density at radius 2 is 1.69 bits per heavy atom. The molecular formula is C9H14F3NO3. The molecule has 0 bridgehead atoms. The number of amides is 1. The molecule has 94 valence electrons. The molecule has 0 heterocycles. The SMILES string of the molecule is CN(CC(F)(F)F)C(=O)CCCCC(=O)O. The molecule has 0 radical (unpaired) electrons. The van der Waals surface area contributed by atoms with Crippen LogP contribution >= 0.6 is 0 Å². The van der Waals surface area contributed by atoms with E-state index in [0.29, 0.717) is 11.3 Å². The average molecular weight is 241 g/mol. The Morgan fingerprint density at radius 3 is 2.12 bits per heavy atom. The number of carbonyl (C=O) groups excluding carboxylic acids is 1. The zero-order chi connectivity index (χ0) is 12.8. The first-order valence-corrected chi connectivity index (χ1v) is 4.75. The van der Waals surface area contributed by atoms with Crippen LogP contribution in [-0.4, -0.2) is 41.7 Å². The van der Waals surface area contributed by atoms with E-state index in [0.717, 1.165) is 7.05 Å². The van der Waals surface area contributed by atoms with E-state index in [1.54, 1.807) is 0 Å². The monoisotopic (exact) mass is 241 g/mol. The van der Waals surface area contributed by atoms with Crippen molar-refractivity contribution in [1.29, 1.82) is 0 Å². The molecule has 16 heavy (non-hydrogen) atoms. The Balaban J connectivity index is 3.76. The number of aliphatic carboxylic acids is 1. The summed E-state index contributed by atoms with van der Waals surface area (Å²) in [6.45, 7) is -1.27. The molecule has 0 saturated heterocycles. The predicted octanol–water partition coefficient (Wildman–Crippen LogP) is 1.65. The molecule has 0 aliphatic carbocycles. The van der Waals surface area contributed by atoms with Crippen molar-refractivity contribution >= 4 is 11.9 Å². The number of unbranched alkanes of at least 4 members (excludes halogenated alkanes) is 1. The lowest BCUT2D eigenvalue weighted by atomic mass is 10.2. The molecule has 0 rings (SSSR count). The van der Waals surface area contributed by atoms with Crippen LogP contribution in [0.1, 0.15) is 25.7 Å². The van der Waals surface area contributed by atoms with Gasteiger partial charge < -0.3 is 10.0 Å². The van der Waals surface area contributed by atoms with Crippen molar-refractivity contribution in [3.05, 3.63) is 0 Å². The first kappa shape index (κ1) is 14.7. The molecule has 0 saturated carbocycles. The standard InChI is InChI=1S/C9H14F3NO3/c1-13(6-9(10,11)12)7(14)4-2-3-5-8(15)16/h2-6H2,1H3,(H,15,16). The summed E-state index contributed by atoms with van der Waals surface area (Å²) in [5, 5.41) is 8.30. The van der Waals surface area contributed by atoms with Crippen LogP contribution in [-0.2, 0) is 9.59 Å². The van der Waals surface area contributed by atoms with Crippen LogP contribution in [0.15, 0.2) is 0 Å². The van der Waals surface area contributed by atoms with Gasteiger partial charge in [-0.15, -0.1) is 0 Å². The maximum atomic E-state index is 11.9. The maximum Gasteiger partial charge on any atom is 0.406 e. The Kier molecular flexibility index (Phi) is 5.84. The summed E-state index contributed by atoms with van der Waals surface area (Å²) >= 11 is 0. The van der Waals surface area contributed by atoms with Crippen LogP contribution in [0.4, 0.5) is 13.2 Å². The van der Waals surface area contributed by atoms with Crippen LogP contribution in [0.25, 0.3) is 0 Å². The minimum Gasteiger partial charge on any atom is -0.481 e. The van der Waals surface area contributed by atoms with Crippen molar-refractivity contribution in [2.45, 2.75) is 31.9 Å². The molecule has 7 heteroatoms. The molecule has 0 unspecified atom stereocenters. The van der Waals surface area contributed by atoms with Crippen LogP contribution in [0, 0.1) is 0 Å². The molecule has 0 atom stereocenters. The number of nitrogens with zero attached hydrogens (tertiary/aromatic N) is 1. The third kappa shape index (κ3) is 8.07. The molecule has 0 fully saturated rings. The van der Waals surface area contributed by atoms with Crippen molar-refractivity contribution in [2.75, 3.05) is 13.6 Å². The van der Waals surface area contributed by atoms with Gasteiger partial charge in [0.2, 0.25) is 5.91 Å². The number of halogens is 3. The number of carbonyl (C=O) groups is 2. The van der Waals surface area contributed by atoms with E-state index < -0.39 is 24.6 Å². The second-order valence-corrected chi connectivity index (χ2v) is 3.47. The largest absolute Gasteiger partial charge is 0.481 e. The van der Waals surface area contributed by atoms with E-state index >= 15 is 0 Å². The first-order valence-electron chi connectivity index (χ1n) is 4.75. The van der Waals surface area contributed by atoms with Crippen molar-refractivity contribution in [2.24, 2.45) is 0 Å². The molecule has 1 N–H and O–H groups in total. The normalized spacial score (nSPS) is 11.2. The van der Waals surface area contributed by atoms with E-state index in [-0.39, 0.29) is 19.3 Å². The van der Waals surface area contributed by atoms with Crippen molar-refractivity contribution in [1.82, 2.24) is 4.90 Å². The highest BCUT2D eigenvalue weighted by Crippen LogP contribution is 2.16. The minimum absolute atomic E-state index is 0.0557. The Morgan fingerprint density at radius 1 is 1.19 bits per heavy atom. The fourth-order valence-corrected chi connectivity index (χ4v) is 1.10. The molecule has 0 aliphatic heterocycles. The highest BCUT2D eigenvalue weighted by atomic mass is 19.4. The molecule has 0 aromatic rings. The summed E-state index contributed by atoms with van der Waals surface area (Å²) < 4.78 is 35.7. The van der Waals surface area contributed by atoms with Gasteiger partial charge in [-0.2, -0.15) is 13.2 Å². The van der Waals surface area contributed by atoms with Crippen LogP contribution in [0.2, 0.25) is 0 Å². The lowest BCUT2D eigenvalue weighted by molar-refractivity contribution is -0.158. The summed E-state index contributed by atoms with van der Waals surface area (Å²) in [6.07, 6.45) is -3.95. The van der Waals surface area contributed by atoms with E-state index in [4.69, 9.17) is 5.11 Å². The molecule has 0 aromatic carbocycles.